The molecule has 0 aromatic heterocycles. The molecule has 7 heteroatoms. The van der Waals surface area contributed by atoms with Gasteiger partial charge in [0.15, 0.2) is 14.4 Å². The van der Waals surface area contributed by atoms with Crippen LogP contribution in [0.5, 0.6) is 0 Å². The van der Waals surface area contributed by atoms with Crippen LogP contribution in [0.1, 0.15) is 33.3 Å². The minimum atomic E-state index is -2.15. The smallest absolute Gasteiger partial charge is 0.408 e. The standard InChI is InChI=1S/C18H29NO5Si/c1-13(24-25(5,6)18(2,3)4)15(16(20)21)19-17(22)23-12-14-10-8-7-9-11-14/h7-11,13,15H,12H2,1-6H3,(H,19,22)(H,20,21). The highest BCUT2D eigenvalue weighted by molar-refractivity contribution is 6.74. The molecule has 140 valence electrons. The Morgan fingerprint density at radius 3 is 2.24 bits per heavy atom. The summed E-state index contributed by atoms with van der Waals surface area (Å²) < 4.78 is 11.2. The second kappa shape index (κ2) is 8.49. The third-order valence-corrected chi connectivity index (χ3v) is 9.08. The maximum atomic E-state index is 12.0. The predicted octanol–water partition coefficient (Wildman–Crippen LogP) is 3.78. The van der Waals surface area contributed by atoms with E-state index in [1.54, 1.807) is 6.92 Å². The lowest BCUT2D eigenvalue weighted by molar-refractivity contribution is -0.141. The van der Waals surface area contributed by atoms with Crippen molar-refractivity contribution < 1.29 is 23.9 Å². The van der Waals surface area contributed by atoms with Crippen LogP contribution in [-0.2, 0) is 20.6 Å². The number of carbonyl (C=O) groups excluding carboxylic acids is 1. The zero-order valence-corrected chi connectivity index (χ0v) is 16.8. The Morgan fingerprint density at radius 1 is 1.20 bits per heavy atom. The van der Waals surface area contributed by atoms with E-state index < -0.39 is 32.5 Å². The van der Waals surface area contributed by atoms with Crippen molar-refractivity contribution in [3.63, 3.8) is 0 Å². The van der Waals surface area contributed by atoms with E-state index in [0.29, 0.717) is 0 Å². The molecule has 0 heterocycles. The average Bonchev–Trinajstić information content (AvgIpc) is 2.49. The van der Waals surface area contributed by atoms with Gasteiger partial charge >= 0.3 is 12.1 Å². The summed E-state index contributed by atoms with van der Waals surface area (Å²) in [5.41, 5.74) is 0.829. The molecule has 6 nitrogen and oxygen atoms in total. The predicted molar refractivity (Wildman–Crippen MR) is 98.9 cm³/mol. The molecule has 0 spiro atoms. The molecule has 1 rings (SSSR count). The molecule has 25 heavy (non-hydrogen) atoms. The summed E-state index contributed by atoms with van der Waals surface area (Å²) in [6, 6.07) is 8.02. The lowest BCUT2D eigenvalue weighted by Crippen LogP contribution is -2.53. The van der Waals surface area contributed by atoms with Crippen LogP contribution in [0, 0.1) is 0 Å². The zero-order valence-electron chi connectivity index (χ0n) is 15.8. The number of carbonyl (C=O) groups is 2. The normalized spacial score (nSPS) is 14.5. The molecule has 0 saturated heterocycles. The molecule has 2 N–H and O–H groups in total. The van der Waals surface area contributed by atoms with E-state index in [0.717, 1.165) is 5.56 Å². The molecule has 2 atom stereocenters. The lowest BCUT2D eigenvalue weighted by atomic mass is 10.2. The van der Waals surface area contributed by atoms with Crippen molar-refractivity contribution in [2.45, 2.75) is 64.6 Å². The first-order valence-electron chi connectivity index (χ1n) is 8.32. The van der Waals surface area contributed by atoms with E-state index in [2.05, 4.69) is 26.1 Å². The molecule has 0 saturated carbocycles. The fourth-order valence-electron chi connectivity index (χ4n) is 1.98. The van der Waals surface area contributed by atoms with Crippen molar-refractivity contribution in [2.75, 3.05) is 0 Å². The van der Waals surface area contributed by atoms with Crippen molar-refractivity contribution in [1.82, 2.24) is 5.32 Å². The van der Waals surface area contributed by atoms with Gasteiger partial charge in [0.1, 0.15) is 6.61 Å². The van der Waals surface area contributed by atoms with Crippen LogP contribution in [0.3, 0.4) is 0 Å². The van der Waals surface area contributed by atoms with Gasteiger partial charge < -0.3 is 19.6 Å². The van der Waals surface area contributed by atoms with Crippen LogP contribution >= 0.6 is 0 Å². The summed E-state index contributed by atoms with van der Waals surface area (Å²) >= 11 is 0. The van der Waals surface area contributed by atoms with Crippen molar-refractivity contribution in [2.24, 2.45) is 0 Å². The molecular weight excluding hydrogens is 338 g/mol. The molecule has 0 radical (unpaired) electrons. The highest BCUT2D eigenvalue weighted by Gasteiger charge is 2.41. The van der Waals surface area contributed by atoms with E-state index in [4.69, 9.17) is 9.16 Å². The van der Waals surface area contributed by atoms with Gasteiger partial charge in [-0.2, -0.15) is 0 Å². The third kappa shape index (κ3) is 6.51. The highest BCUT2D eigenvalue weighted by Crippen LogP contribution is 2.37. The number of aliphatic carboxylic acids is 1. The quantitative estimate of drug-likeness (QED) is 0.717. The Hall–Kier alpha value is -1.86. The van der Waals surface area contributed by atoms with E-state index in [1.807, 2.05) is 43.4 Å². The fraction of sp³-hybridized carbons (Fsp3) is 0.556. The molecule has 2 unspecified atom stereocenters. The third-order valence-electron chi connectivity index (χ3n) is 4.51. The molecule has 0 bridgehead atoms. The Labute approximate surface area is 150 Å². The minimum absolute atomic E-state index is 0.0574. The van der Waals surface area contributed by atoms with Gasteiger partial charge in [0.2, 0.25) is 0 Å². The number of rotatable bonds is 7. The number of hydrogen-bond donors (Lipinski definition) is 2. The number of alkyl carbamates (subject to hydrolysis) is 1. The van der Waals surface area contributed by atoms with E-state index >= 15 is 0 Å². The number of carboxylic acids is 1. The van der Waals surface area contributed by atoms with Crippen molar-refractivity contribution in [3.8, 4) is 0 Å². The van der Waals surface area contributed by atoms with Crippen LogP contribution in [0.25, 0.3) is 0 Å². The van der Waals surface area contributed by atoms with Crippen LogP contribution in [0.2, 0.25) is 18.1 Å². The lowest BCUT2D eigenvalue weighted by Gasteiger charge is -2.39. The molecule has 0 aliphatic rings. The summed E-state index contributed by atoms with van der Waals surface area (Å²) in [6.07, 6.45) is -1.44. The molecule has 1 aromatic carbocycles. The maximum Gasteiger partial charge on any atom is 0.408 e. The first kappa shape index (κ1) is 21.2. The number of benzene rings is 1. The molecule has 0 aliphatic heterocycles. The van der Waals surface area contributed by atoms with Gasteiger partial charge in [0.25, 0.3) is 0 Å². The first-order valence-corrected chi connectivity index (χ1v) is 11.2. The molecule has 1 aromatic rings. The maximum absolute atomic E-state index is 12.0. The summed E-state index contributed by atoms with van der Waals surface area (Å²) in [5, 5.41) is 11.8. The average molecular weight is 368 g/mol. The van der Waals surface area contributed by atoms with E-state index in [9.17, 15) is 14.7 Å². The molecule has 0 aliphatic carbocycles. The number of amides is 1. The summed E-state index contributed by atoms with van der Waals surface area (Å²) in [4.78, 5) is 23.5. The Bertz CT molecular complexity index is 583. The van der Waals surface area contributed by atoms with Crippen LogP contribution in [0.15, 0.2) is 30.3 Å². The van der Waals surface area contributed by atoms with Gasteiger partial charge in [-0.1, -0.05) is 51.1 Å². The van der Waals surface area contributed by atoms with Gasteiger partial charge in [-0.3, -0.25) is 0 Å². The number of carboxylic acid groups (broad SMARTS) is 1. The van der Waals surface area contributed by atoms with Gasteiger partial charge in [-0.15, -0.1) is 0 Å². The second-order valence-electron chi connectivity index (χ2n) is 7.61. The summed E-state index contributed by atoms with van der Waals surface area (Å²) in [5.74, 6) is -1.15. The van der Waals surface area contributed by atoms with E-state index in [-0.39, 0.29) is 11.6 Å². The van der Waals surface area contributed by atoms with Gasteiger partial charge in [-0.05, 0) is 30.6 Å². The molecule has 0 fully saturated rings. The minimum Gasteiger partial charge on any atom is -0.480 e. The van der Waals surface area contributed by atoms with Gasteiger partial charge in [-0.25, -0.2) is 9.59 Å². The first-order chi connectivity index (χ1) is 11.4. The highest BCUT2D eigenvalue weighted by atomic mass is 28.4. The topological polar surface area (TPSA) is 84.9 Å². The zero-order chi connectivity index (χ0) is 19.3. The van der Waals surface area contributed by atoms with Crippen LogP contribution in [0.4, 0.5) is 4.79 Å². The number of nitrogens with one attached hydrogen (secondary N) is 1. The largest absolute Gasteiger partial charge is 0.480 e. The van der Waals surface area contributed by atoms with E-state index in [1.165, 1.54) is 0 Å². The summed E-state index contributed by atoms with van der Waals surface area (Å²) in [7, 11) is -2.15. The van der Waals surface area contributed by atoms with Crippen LogP contribution < -0.4 is 5.32 Å². The van der Waals surface area contributed by atoms with Gasteiger partial charge in [0.05, 0.1) is 6.10 Å². The van der Waals surface area contributed by atoms with Crippen molar-refractivity contribution >= 4 is 20.4 Å². The van der Waals surface area contributed by atoms with Gasteiger partial charge in [0, 0.05) is 0 Å². The Balaban J connectivity index is 2.67. The number of hydrogen-bond acceptors (Lipinski definition) is 4. The van der Waals surface area contributed by atoms with Crippen LogP contribution in [-0.4, -0.2) is 37.6 Å². The molecule has 1 amide bonds. The second-order valence-corrected chi connectivity index (χ2v) is 12.4. The summed E-state index contributed by atoms with van der Waals surface area (Å²) in [6.45, 7) is 12.0. The van der Waals surface area contributed by atoms with Crippen molar-refractivity contribution in [1.29, 1.82) is 0 Å². The fourth-order valence-corrected chi connectivity index (χ4v) is 3.40. The Kier molecular flexibility index (Phi) is 7.19. The monoisotopic (exact) mass is 367 g/mol. The SMILES string of the molecule is CC(O[Si](C)(C)C(C)(C)C)C(NC(=O)OCc1ccccc1)C(=O)O. The van der Waals surface area contributed by atoms with Crippen molar-refractivity contribution in [3.05, 3.63) is 35.9 Å². The molecular formula is C18H29NO5Si. The Morgan fingerprint density at radius 2 is 1.76 bits per heavy atom. The number of ether oxygens (including phenoxy) is 1.